The minimum Gasteiger partial charge on any atom is -0.466 e. The summed E-state index contributed by atoms with van der Waals surface area (Å²) in [5.41, 5.74) is 0.811. The number of carbonyl (C=O) groups is 1. The molecule has 1 atom stereocenters. The molecule has 0 fully saturated rings. The molecule has 2 rings (SSSR count). The Morgan fingerprint density at radius 1 is 1.08 bits per heavy atom. The van der Waals surface area contributed by atoms with E-state index >= 15 is 0 Å². The SMILES string of the molecule is CCOC(=O)CC(CS(=O)(=O)c1ccc(Br)cc1)c1ccccc1. The molecule has 0 heterocycles. The van der Waals surface area contributed by atoms with E-state index in [2.05, 4.69) is 15.9 Å². The predicted molar refractivity (Wildman–Crippen MR) is 96.6 cm³/mol. The Morgan fingerprint density at radius 3 is 2.29 bits per heavy atom. The largest absolute Gasteiger partial charge is 0.466 e. The number of benzene rings is 2. The van der Waals surface area contributed by atoms with Gasteiger partial charge >= 0.3 is 5.97 Å². The van der Waals surface area contributed by atoms with E-state index < -0.39 is 21.7 Å². The second kappa shape index (κ2) is 8.44. The molecule has 0 aromatic heterocycles. The van der Waals surface area contributed by atoms with E-state index in [4.69, 9.17) is 4.74 Å². The monoisotopic (exact) mass is 410 g/mol. The molecule has 0 saturated carbocycles. The lowest BCUT2D eigenvalue weighted by Crippen LogP contribution is -2.19. The fourth-order valence-corrected chi connectivity index (χ4v) is 4.27. The van der Waals surface area contributed by atoms with Gasteiger partial charge < -0.3 is 4.74 Å². The summed E-state index contributed by atoms with van der Waals surface area (Å²) in [6.07, 6.45) is 0.0353. The molecule has 0 N–H and O–H groups in total. The van der Waals surface area contributed by atoms with Crippen molar-refractivity contribution in [1.29, 1.82) is 0 Å². The summed E-state index contributed by atoms with van der Waals surface area (Å²) in [5, 5.41) is 0. The number of esters is 1. The average molecular weight is 411 g/mol. The highest BCUT2D eigenvalue weighted by molar-refractivity contribution is 9.10. The van der Waals surface area contributed by atoms with Gasteiger partial charge in [0, 0.05) is 10.4 Å². The second-order valence-electron chi connectivity index (χ2n) is 5.35. The number of rotatable bonds is 7. The summed E-state index contributed by atoms with van der Waals surface area (Å²) in [6.45, 7) is 2.01. The van der Waals surface area contributed by atoms with Crippen LogP contribution >= 0.6 is 15.9 Å². The fraction of sp³-hybridized carbons (Fsp3) is 0.278. The molecule has 0 amide bonds. The van der Waals surface area contributed by atoms with Crippen LogP contribution in [0.2, 0.25) is 0 Å². The van der Waals surface area contributed by atoms with Gasteiger partial charge in [0.1, 0.15) is 0 Å². The van der Waals surface area contributed by atoms with Gasteiger partial charge in [-0.2, -0.15) is 0 Å². The van der Waals surface area contributed by atoms with Crippen molar-refractivity contribution in [3.8, 4) is 0 Å². The average Bonchev–Trinajstić information content (AvgIpc) is 2.55. The number of carbonyl (C=O) groups excluding carboxylic acids is 1. The first-order valence-corrected chi connectivity index (χ1v) is 10.1. The van der Waals surface area contributed by atoms with Crippen LogP contribution in [0, 0.1) is 0 Å². The fourth-order valence-electron chi connectivity index (χ4n) is 2.42. The lowest BCUT2D eigenvalue weighted by molar-refractivity contribution is -0.143. The van der Waals surface area contributed by atoms with Crippen LogP contribution in [0.1, 0.15) is 24.8 Å². The summed E-state index contributed by atoms with van der Waals surface area (Å²) in [4.78, 5) is 12.1. The maximum Gasteiger partial charge on any atom is 0.306 e. The molecule has 0 spiro atoms. The van der Waals surface area contributed by atoms with Crippen molar-refractivity contribution in [2.75, 3.05) is 12.4 Å². The zero-order chi connectivity index (χ0) is 17.6. The number of hydrogen-bond donors (Lipinski definition) is 0. The molecule has 0 bridgehead atoms. The lowest BCUT2D eigenvalue weighted by atomic mass is 9.98. The van der Waals surface area contributed by atoms with Gasteiger partial charge in [0.25, 0.3) is 0 Å². The Bertz CT molecular complexity index is 770. The van der Waals surface area contributed by atoms with Crippen molar-refractivity contribution in [3.63, 3.8) is 0 Å². The van der Waals surface area contributed by atoms with Crippen LogP contribution in [0.25, 0.3) is 0 Å². The maximum atomic E-state index is 12.7. The van der Waals surface area contributed by atoms with E-state index in [1.54, 1.807) is 31.2 Å². The van der Waals surface area contributed by atoms with E-state index in [1.807, 2.05) is 30.3 Å². The van der Waals surface area contributed by atoms with Gasteiger partial charge in [-0.25, -0.2) is 8.42 Å². The molecule has 0 radical (unpaired) electrons. The quantitative estimate of drug-likeness (QED) is 0.648. The van der Waals surface area contributed by atoms with Crippen LogP contribution in [-0.4, -0.2) is 26.7 Å². The molecule has 2 aromatic carbocycles. The van der Waals surface area contributed by atoms with Crippen LogP contribution in [0.4, 0.5) is 0 Å². The molecule has 0 aliphatic carbocycles. The Morgan fingerprint density at radius 2 is 1.71 bits per heavy atom. The van der Waals surface area contributed by atoms with E-state index in [0.717, 1.165) is 10.0 Å². The van der Waals surface area contributed by atoms with Crippen LogP contribution in [-0.2, 0) is 19.4 Å². The third-order valence-corrected chi connectivity index (χ3v) is 5.94. The van der Waals surface area contributed by atoms with Crippen molar-refractivity contribution in [3.05, 3.63) is 64.6 Å². The highest BCUT2D eigenvalue weighted by Crippen LogP contribution is 2.26. The molecule has 6 heteroatoms. The highest BCUT2D eigenvalue weighted by atomic mass is 79.9. The van der Waals surface area contributed by atoms with Crippen LogP contribution in [0.5, 0.6) is 0 Å². The highest BCUT2D eigenvalue weighted by Gasteiger charge is 2.25. The van der Waals surface area contributed by atoms with Crippen molar-refractivity contribution in [2.45, 2.75) is 24.2 Å². The Kier molecular flexibility index (Phi) is 6.57. The Balaban J connectivity index is 2.27. The minimum atomic E-state index is -3.51. The first kappa shape index (κ1) is 18.7. The van der Waals surface area contributed by atoms with Crippen LogP contribution in [0.15, 0.2) is 64.0 Å². The second-order valence-corrected chi connectivity index (χ2v) is 8.30. The third kappa shape index (κ3) is 5.18. The van der Waals surface area contributed by atoms with Gasteiger partial charge in [0.2, 0.25) is 0 Å². The lowest BCUT2D eigenvalue weighted by Gasteiger charge is -2.17. The molecular weight excluding hydrogens is 392 g/mol. The number of hydrogen-bond acceptors (Lipinski definition) is 4. The summed E-state index contributed by atoms with van der Waals surface area (Å²) >= 11 is 3.29. The molecule has 4 nitrogen and oxygen atoms in total. The minimum absolute atomic E-state index is 0.0353. The molecule has 128 valence electrons. The predicted octanol–water partition coefficient (Wildman–Crippen LogP) is 3.96. The van der Waals surface area contributed by atoms with Gasteiger partial charge in [0.05, 0.1) is 23.7 Å². The number of halogens is 1. The topological polar surface area (TPSA) is 60.4 Å². The third-order valence-electron chi connectivity index (χ3n) is 3.58. The van der Waals surface area contributed by atoms with Gasteiger partial charge in [-0.05, 0) is 36.8 Å². The zero-order valence-corrected chi connectivity index (χ0v) is 15.7. The smallest absolute Gasteiger partial charge is 0.306 e. The van der Waals surface area contributed by atoms with Gasteiger partial charge in [0.15, 0.2) is 9.84 Å². The standard InChI is InChI=1S/C18H19BrO4S/c1-2-23-18(20)12-15(14-6-4-3-5-7-14)13-24(21,22)17-10-8-16(19)9-11-17/h3-11,15H,2,12-13H2,1H3. The Labute approximate surface area is 150 Å². The molecule has 0 aliphatic heterocycles. The van der Waals surface area contributed by atoms with Crippen molar-refractivity contribution < 1.29 is 17.9 Å². The Hall–Kier alpha value is -1.66. The molecule has 0 aliphatic rings. The first-order chi connectivity index (χ1) is 11.4. The van der Waals surface area contributed by atoms with Crippen molar-refractivity contribution >= 4 is 31.7 Å². The van der Waals surface area contributed by atoms with Crippen molar-refractivity contribution in [1.82, 2.24) is 0 Å². The first-order valence-electron chi connectivity index (χ1n) is 7.61. The summed E-state index contributed by atoms with van der Waals surface area (Å²) in [7, 11) is -3.51. The molecular formula is C18H19BrO4S. The normalized spacial score (nSPS) is 12.6. The number of ether oxygens (including phenoxy) is 1. The molecule has 2 aromatic rings. The maximum absolute atomic E-state index is 12.7. The van der Waals surface area contributed by atoms with Gasteiger partial charge in [-0.15, -0.1) is 0 Å². The summed E-state index contributed by atoms with van der Waals surface area (Å²) < 4.78 is 31.2. The van der Waals surface area contributed by atoms with Crippen LogP contribution in [0.3, 0.4) is 0 Å². The van der Waals surface area contributed by atoms with E-state index in [-0.39, 0.29) is 23.7 Å². The van der Waals surface area contributed by atoms with E-state index in [0.29, 0.717) is 0 Å². The van der Waals surface area contributed by atoms with Gasteiger partial charge in [-0.1, -0.05) is 46.3 Å². The number of sulfone groups is 1. The van der Waals surface area contributed by atoms with Crippen molar-refractivity contribution in [2.24, 2.45) is 0 Å². The summed E-state index contributed by atoms with van der Waals surface area (Å²) in [5.74, 6) is -0.978. The van der Waals surface area contributed by atoms with E-state index in [1.165, 1.54) is 0 Å². The molecule has 0 saturated heterocycles. The molecule has 1 unspecified atom stereocenters. The van der Waals surface area contributed by atoms with Crippen LogP contribution < -0.4 is 0 Å². The van der Waals surface area contributed by atoms with Gasteiger partial charge in [-0.3, -0.25) is 4.79 Å². The summed E-state index contributed by atoms with van der Waals surface area (Å²) in [6, 6.07) is 15.7. The van der Waals surface area contributed by atoms with E-state index in [9.17, 15) is 13.2 Å². The molecule has 24 heavy (non-hydrogen) atoms. The zero-order valence-electron chi connectivity index (χ0n) is 13.3.